The Balaban J connectivity index is 1.75. The van der Waals surface area contributed by atoms with E-state index in [0.29, 0.717) is 6.61 Å². The summed E-state index contributed by atoms with van der Waals surface area (Å²) < 4.78 is 10.9. The lowest BCUT2D eigenvalue weighted by Crippen LogP contribution is -2.29. The Hall–Kier alpha value is -2.40. The van der Waals surface area contributed by atoms with Crippen molar-refractivity contribution in [1.29, 1.82) is 0 Å². The molecule has 2 aromatic carbocycles. The van der Waals surface area contributed by atoms with Crippen LogP contribution in [0, 0.1) is 4.91 Å². The average Bonchev–Trinajstić information content (AvgIpc) is 2.98. The van der Waals surface area contributed by atoms with E-state index in [1.807, 2.05) is 54.6 Å². The van der Waals surface area contributed by atoms with Gasteiger partial charge in [0.05, 0.1) is 25.0 Å². The summed E-state index contributed by atoms with van der Waals surface area (Å²) in [6.07, 6.45) is 0.302. The van der Waals surface area contributed by atoms with Crippen LogP contribution >= 0.6 is 0 Å². The van der Waals surface area contributed by atoms with Gasteiger partial charge in [-0.15, -0.1) is 4.91 Å². The van der Waals surface area contributed by atoms with Crippen LogP contribution in [0.1, 0.15) is 17.4 Å². The monoisotopic (exact) mass is 298 g/mol. The fraction of sp³-hybridized carbons (Fsp3) is 0.294. The minimum absolute atomic E-state index is 0.0491. The molecule has 2 atom stereocenters. The number of benzene rings is 2. The maximum atomic E-state index is 11.3. The minimum atomic E-state index is -0.433. The van der Waals surface area contributed by atoms with Crippen LogP contribution in [0.15, 0.2) is 59.9 Å². The molecule has 0 bridgehead atoms. The molecule has 0 radical (unpaired) electrons. The molecule has 1 aliphatic rings. The van der Waals surface area contributed by atoms with Crippen molar-refractivity contribution in [1.82, 2.24) is 5.01 Å². The van der Waals surface area contributed by atoms with Gasteiger partial charge < -0.3 is 9.47 Å². The predicted molar refractivity (Wildman–Crippen MR) is 83.3 cm³/mol. The highest BCUT2D eigenvalue weighted by molar-refractivity contribution is 5.29. The van der Waals surface area contributed by atoms with Crippen LogP contribution in [0.3, 0.4) is 0 Å². The lowest BCUT2D eigenvalue weighted by molar-refractivity contribution is 0.0295. The number of nitrogens with zero attached hydrogens (tertiary/aromatic N) is 2. The Kier molecular flexibility index (Phi) is 4.34. The largest absolute Gasteiger partial charge is 0.497 e. The summed E-state index contributed by atoms with van der Waals surface area (Å²) in [6.45, 7) is 0.483. The molecule has 0 saturated carbocycles. The highest BCUT2D eigenvalue weighted by Gasteiger charge is 2.35. The normalized spacial score (nSPS) is 20.9. The molecule has 5 heteroatoms. The summed E-state index contributed by atoms with van der Waals surface area (Å²) in [5.74, 6) is 0.771. The number of hydrogen-bond donors (Lipinski definition) is 0. The van der Waals surface area contributed by atoms with Crippen LogP contribution in [0.25, 0.3) is 0 Å². The highest BCUT2D eigenvalue weighted by atomic mass is 16.5. The van der Waals surface area contributed by atoms with E-state index in [1.54, 1.807) is 7.11 Å². The second kappa shape index (κ2) is 6.58. The molecule has 2 aromatic rings. The van der Waals surface area contributed by atoms with E-state index in [1.165, 1.54) is 10.6 Å². The first-order valence-electron chi connectivity index (χ1n) is 7.23. The van der Waals surface area contributed by atoms with Crippen molar-refractivity contribution in [3.05, 3.63) is 70.6 Å². The molecule has 1 saturated heterocycles. The molecule has 3 rings (SSSR count). The van der Waals surface area contributed by atoms with Gasteiger partial charge in [0.1, 0.15) is 5.75 Å². The standard InChI is InChI=1S/C17H18N2O3/c1-21-16-9-7-14(8-10-16)17-19(18-20)15(12-22-17)11-13-5-3-2-4-6-13/h2-10,15,17H,11-12H2,1H3/t15-,17-/m0/s1. The molecule has 0 amide bonds. The third-order valence-electron chi connectivity index (χ3n) is 3.87. The third kappa shape index (κ3) is 2.94. The SMILES string of the molecule is COc1ccc([C@@H]2OC[C@H](Cc3ccccc3)N2N=O)cc1. The van der Waals surface area contributed by atoms with Crippen molar-refractivity contribution in [2.24, 2.45) is 5.29 Å². The molecule has 114 valence electrons. The Morgan fingerprint density at radius 1 is 1.18 bits per heavy atom. The van der Waals surface area contributed by atoms with Gasteiger partial charge in [0.2, 0.25) is 0 Å². The number of ether oxygens (including phenoxy) is 2. The van der Waals surface area contributed by atoms with Crippen molar-refractivity contribution in [2.45, 2.75) is 18.7 Å². The van der Waals surface area contributed by atoms with E-state index in [0.717, 1.165) is 17.7 Å². The third-order valence-corrected chi connectivity index (χ3v) is 3.87. The quantitative estimate of drug-likeness (QED) is 0.795. The fourth-order valence-electron chi connectivity index (χ4n) is 2.71. The first-order valence-corrected chi connectivity index (χ1v) is 7.23. The van der Waals surface area contributed by atoms with Gasteiger partial charge >= 0.3 is 0 Å². The predicted octanol–water partition coefficient (Wildman–Crippen LogP) is 3.32. The number of methoxy groups -OCH3 is 1. The topological polar surface area (TPSA) is 51.1 Å². The van der Waals surface area contributed by atoms with Gasteiger partial charge in [0.15, 0.2) is 6.23 Å². The maximum Gasteiger partial charge on any atom is 0.175 e. The van der Waals surface area contributed by atoms with Gasteiger partial charge in [-0.2, -0.15) is 0 Å². The highest BCUT2D eigenvalue weighted by Crippen LogP contribution is 2.33. The minimum Gasteiger partial charge on any atom is -0.497 e. The van der Waals surface area contributed by atoms with E-state index in [4.69, 9.17) is 9.47 Å². The first kappa shape index (κ1) is 14.5. The maximum absolute atomic E-state index is 11.3. The molecular weight excluding hydrogens is 280 g/mol. The smallest absolute Gasteiger partial charge is 0.175 e. The Morgan fingerprint density at radius 3 is 2.55 bits per heavy atom. The average molecular weight is 298 g/mol. The van der Waals surface area contributed by atoms with Crippen LogP contribution in [0.4, 0.5) is 0 Å². The van der Waals surface area contributed by atoms with Gasteiger partial charge in [-0.1, -0.05) is 42.5 Å². The summed E-state index contributed by atoms with van der Waals surface area (Å²) >= 11 is 0. The van der Waals surface area contributed by atoms with Crippen molar-refractivity contribution in [2.75, 3.05) is 13.7 Å². The van der Waals surface area contributed by atoms with Gasteiger partial charge in [-0.25, -0.2) is 5.01 Å². The van der Waals surface area contributed by atoms with Crippen LogP contribution in [0.5, 0.6) is 5.75 Å². The van der Waals surface area contributed by atoms with Crippen LogP contribution in [0.2, 0.25) is 0 Å². The van der Waals surface area contributed by atoms with Gasteiger partial charge in [0, 0.05) is 5.56 Å². The van der Waals surface area contributed by atoms with Crippen LogP contribution in [-0.4, -0.2) is 24.8 Å². The van der Waals surface area contributed by atoms with E-state index in [2.05, 4.69) is 5.29 Å². The fourth-order valence-corrected chi connectivity index (χ4v) is 2.71. The Labute approximate surface area is 129 Å². The molecule has 0 N–H and O–H groups in total. The van der Waals surface area contributed by atoms with Gasteiger partial charge in [0.25, 0.3) is 0 Å². The summed E-state index contributed by atoms with van der Waals surface area (Å²) in [5, 5.41) is 4.70. The van der Waals surface area contributed by atoms with E-state index >= 15 is 0 Å². The van der Waals surface area contributed by atoms with Crippen molar-refractivity contribution < 1.29 is 9.47 Å². The molecule has 0 spiro atoms. The zero-order valence-corrected chi connectivity index (χ0v) is 12.4. The molecule has 22 heavy (non-hydrogen) atoms. The van der Waals surface area contributed by atoms with Crippen molar-refractivity contribution >= 4 is 0 Å². The second-order valence-corrected chi connectivity index (χ2v) is 5.26. The zero-order chi connectivity index (χ0) is 15.4. The van der Waals surface area contributed by atoms with E-state index < -0.39 is 6.23 Å². The van der Waals surface area contributed by atoms with Crippen molar-refractivity contribution in [3.63, 3.8) is 0 Å². The summed E-state index contributed by atoms with van der Waals surface area (Å²) in [5.41, 5.74) is 2.07. The Bertz CT molecular complexity index is 616. The summed E-state index contributed by atoms with van der Waals surface area (Å²) in [6, 6.07) is 17.5. The van der Waals surface area contributed by atoms with Crippen molar-refractivity contribution in [3.8, 4) is 5.75 Å². The summed E-state index contributed by atoms with van der Waals surface area (Å²) in [7, 11) is 1.62. The lowest BCUT2D eigenvalue weighted by atomic mass is 10.1. The molecule has 1 aliphatic heterocycles. The molecule has 5 nitrogen and oxygen atoms in total. The number of hydrogen-bond acceptors (Lipinski definition) is 4. The Morgan fingerprint density at radius 2 is 1.91 bits per heavy atom. The molecule has 1 heterocycles. The van der Waals surface area contributed by atoms with E-state index in [-0.39, 0.29) is 6.04 Å². The summed E-state index contributed by atoms with van der Waals surface area (Å²) in [4.78, 5) is 11.3. The van der Waals surface area contributed by atoms with Crippen LogP contribution in [-0.2, 0) is 11.2 Å². The molecule has 0 aliphatic carbocycles. The van der Waals surface area contributed by atoms with Crippen LogP contribution < -0.4 is 4.74 Å². The zero-order valence-electron chi connectivity index (χ0n) is 12.4. The number of nitroso groups, excluding NO2 is 1. The first-order chi connectivity index (χ1) is 10.8. The number of rotatable bonds is 5. The van der Waals surface area contributed by atoms with Gasteiger partial charge in [-0.3, -0.25) is 0 Å². The lowest BCUT2D eigenvalue weighted by Gasteiger charge is -2.22. The molecule has 0 aromatic heterocycles. The van der Waals surface area contributed by atoms with E-state index in [9.17, 15) is 4.91 Å². The molecule has 0 unspecified atom stereocenters. The second-order valence-electron chi connectivity index (χ2n) is 5.26. The van der Waals surface area contributed by atoms with Gasteiger partial charge in [-0.05, 0) is 24.1 Å². The molecular formula is C17H18N2O3. The molecule has 1 fully saturated rings.